The molecule has 0 unspecified atom stereocenters. The SMILES string of the molecule is CC(C)(C)OC(=O)NC[C@@H](O)Cc1ccccc1. The summed E-state index contributed by atoms with van der Waals surface area (Å²) in [4.78, 5) is 11.4. The smallest absolute Gasteiger partial charge is 0.407 e. The molecule has 2 N–H and O–H groups in total. The van der Waals surface area contributed by atoms with Crippen molar-refractivity contribution in [3.63, 3.8) is 0 Å². The quantitative estimate of drug-likeness (QED) is 0.861. The molecular formula is C14H21NO3. The summed E-state index contributed by atoms with van der Waals surface area (Å²) in [6.45, 7) is 5.58. The number of amides is 1. The van der Waals surface area contributed by atoms with Crippen LogP contribution in [0.15, 0.2) is 30.3 Å². The fourth-order valence-corrected chi connectivity index (χ4v) is 1.47. The van der Waals surface area contributed by atoms with Gasteiger partial charge in [0.25, 0.3) is 0 Å². The number of rotatable bonds is 4. The second kappa shape index (κ2) is 6.40. The van der Waals surface area contributed by atoms with E-state index >= 15 is 0 Å². The molecule has 0 aliphatic rings. The van der Waals surface area contributed by atoms with Gasteiger partial charge >= 0.3 is 6.09 Å². The van der Waals surface area contributed by atoms with Gasteiger partial charge in [-0.3, -0.25) is 0 Å². The molecule has 0 spiro atoms. The van der Waals surface area contributed by atoms with Crippen molar-refractivity contribution in [2.24, 2.45) is 0 Å². The molecule has 0 fully saturated rings. The number of ether oxygens (including phenoxy) is 1. The molecule has 4 nitrogen and oxygen atoms in total. The predicted molar refractivity (Wildman–Crippen MR) is 70.4 cm³/mol. The maximum atomic E-state index is 11.4. The van der Waals surface area contributed by atoms with Crippen LogP contribution in [0.5, 0.6) is 0 Å². The van der Waals surface area contributed by atoms with Gasteiger partial charge in [0.2, 0.25) is 0 Å². The molecule has 0 aliphatic heterocycles. The Morgan fingerprint density at radius 2 is 1.94 bits per heavy atom. The Balaban J connectivity index is 2.29. The number of carbonyl (C=O) groups excluding carboxylic acids is 1. The molecule has 0 heterocycles. The highest BCUT2D eigenvalue weighted by Crippen LogP contribution is 2.07. The zero-order valence-electron chi connectivity index (χ0n) is 11.1. The van der Waals surface area contributed by atoms with Crippen LogP contribution < -0.4 is 5.32 Å². The van der Waals surface area contributed by atoms with Crippen LogP contribution in [0.4, 0.5) is 4.79 Å². The van der Waals surface area contributed by atoms with Crippen molar-refractivity contribution < 1.29 is 14.6 Å². The van der Waals surface area contributed by atoms with Crippen molar-refractivity contribution in [1.82, 2.24) is 5.32 Å². The molecule has 0 aliphatic carbocycles. The van der Waals surface area contributed by atoms with E-state index in [9.17, 15) is 9.90 Å². The Morgan fingerprint density at radius 1 is 1.33 bits per heavy atom. The number of nitrogens with one attached hydrogen (secondary N) is 1. The van der Waals surface area contributed by atoms with E-state index in [-0.39, 0.29) is 6.54 Å². The lowest BCUT2D eigenvalue weighted by molar-refractivity contribution is 0.0492. The highest BCUT2D eigenvalue weighted by molar-refractivity contribution is 5.67. The van der Waals surface area contributed by atoms with Crippen molar-refractivity contribution >= 4 is 6.09 Å². The molecule has 0 radical (unpaired) electrons. The number of aliphatic hydroxyl groups excluding tert-OH is 1. The van der Waals surface area contributed by atoms with Crippen molar-refractivity contribution in [2.45, 2.75) is 38.9 Å². The number of hydrogen-bond donors (Lipinski definition) is 2. The van der Waals surface area contributed by atoms with Gasteiger partial charge in [-0.2, -0.15) is 0 Å². The average molecular weight is 251 g/mol. The molecule has 0 saturated heterocycles. The van der Waals surface area contributed by atoms with Gasteiger partial charge in [0.15, 0.2) is 0 Å². The standard InChI is InChI=1S/C14H21NO3/c1-14(2,3)18-13(17)15-10-12(16)9-11-7-5-4-6-8-11/h4-8,12,16H,9-10H2,1-3H3,(H,15,17)/t12-/m0/s1. The minimum atomic E-state index is -0.611. The summed E-state index contributed by atoms with van der Waals surface area (Å²) >= 11 is 0. The highest BCUT2D eigenvalue weighted by atomic mass is 16.6. The van der Waals surface area contributed by atoms with Crippen molar-refractivity contribution in [2.75, 3.05) is 6.54 Å². The first-order chi connectivity index (χ1) is 8.37. The van der Waals surface area contributed by atoms with Crippen LogP contribution in [0.2, 0.25) is 0 Å². The third-order valence-electron chi connectivity index (χ3n) is 2.20. The Kier molecular flexibility index (Phi) is 5.16. The summed E-state index contributed by atoms with van der Waals surface area (Å²) in [5.41, 5.74) is 0.519. The normalized spacial score (nSPS) is 12.9. The number of carbonyl (C=O) groups is 1. The monoisotopic (exact) mass is 251 g/mol. The summed E-state index contributed by atoms with van der Waals surface area (Å²) in [5.74, 6) is 0. The summed E-state index contributed by atoms with van der Waals surface area (Å²) in [7, 11) is 0. The average Bonchev–Trinajstić information content (AvgIpc) is 2.25. The van der Waals surface area contributed by atoms with Gasteiger partial charge in [0.05, 0.1) is 6.10 Å². The van der Waals surface area contributed by atoms with Crippen molar-refractivity contribution in [3.8, 4) is 0 Å². The fraction of sp³-hybridized carbons (Fsp3) is 0.500. The lowest BCUT2D eigenvalue weighted by Gasteiger charge is -2.20. The van der Waals surface area contributed by atoms with Gasteiger partial charge in [-0.1, -0.05) is 30.3 Å². The minimum absolute atomic E-state index is 0.184. The van der Waals surface area contributed by atoms with Gasteiger partial charge < -0.3 is 15.2 Å². The van der Waals surface area contributed by atoms with Gasteiger partial charge in [-0.25, -0.2) is 4.79 Å². The lowest BCUT2D eigenvalue weighted by atomic mass is 10.1. The van der Waals surface area contributed by atoms with E-state index in [0.717, 1.165) is 5.56 Å². The number of hydrogen-bond acceptors (Lipinski definition) is 3. The first-order valence-corrected chi connectivity index (χ1v) is 6.05. The third kappa shape index (κ3) is 6.25. The predicted octanol–water partition coefficient (Wildman–Crippen LogP) is 2.11. The Labute approximate surface area is 108 Å². The van der Waals surface area contributed by atoms with Crippen LogP contribution in [-0.4, -0.2) is 29.4 Å². The van der Waals surface area contributed by atoms with Crippen molar-refractivity contribution in [3.05, 3.63) is 35.9 Å². The van der Waals surface area contributed by atoms with E-state index in [4.69, 9.17) is 4.74 Å². The zero-order valence-corrected chi connectivity index (χ0v) is 11.1. The van der Waals surface area contributed by atoms with Gasteiger partial charge in [-0.05, 0) is 26.3 Å². The Hall–Kier alpha value is -1.55. The second-order valence-electron chi connectivity index (χ2n) is 5.23. The van der Waals surface area contributed by atoms with Crippen LogP contribution >= 0.6 is 0 Å². The largest absolute Gasteiger partial charge is 0.444 e. The van der Waals surface area contributed by atoms with Crippen LogP contribution in [-0.2, 0) is 11.2 Å². The Bertz CT molecular complexity index is 370. The van der Waals surface area contributed by atoms with Crippen LogP contribution in [0, 0.1) is 0 Å². The van der Waals surface area contributed by atoms with E-state index in [1.54, 1.807) is 20.8 Å². The van der Waals surface area contributed by atoms with E-state index in [2.05, 4.69) is 5.32 Å². The van der Waals surface area contributed by atoms with Crippen LogP contribution in [0.3, 0.4) is 0 Å². The molecule has 100 valence electrons. The molecular weight excluding hydrogens is 230 g/mol. The molecule has 1 amide bonds. The molecule has 1 rings (SSSR count). The molecule has 4 heteroatoms. The molecule has 18 heavy (non-hydrogen) atoms. The molecule has 1 aromatic rings. The molecule has 1 aromatic carbocycles. The van der Waals surface area contributed by atoms with Gasteiger partial charge in [0, 0.05) is 13.0 Å². The van der Waals surface area contributed by atoms with Gasteiger partial charge in [-0.15, -0.1) is 0 Å². The number of alkyl carbamates (subject to hydrolysis) is 1. The molecule has 0 saturated carbocycles. The zero-order chi connectivity index (χ0) is 13.6. The summed E-state index contributed by atoms with van der Waals surface area (Å²) < 4.78 is 5.08. The molecule has 0 bridgehead atoms. The van der Waals surface area contributed by atoms with Crippen molar-refractivity contribution in [1.29, 1.82) is 0 Å². The van der Waals surface area contributed by atoms with E-state index < -0.39 is 17.8 Å². The maximum absolute atomic E-state index is 11.4. The Morgan fingerprint density at radius 3 is 2.50 bits per heavy atom. The van der Waals surface area contributed by atoms with Crippen LogP contribution in [0.1, 0.15) is 26.3 Å². The summed E-state index contributed by atoms with van der Waals surface area (Å²) in [6.07, 6.45) is -0.606. The third-order valence-corrected chi connectivity index (χ3v) is 2.20. The maximum Gasteiger partial charge on any atom is 0.407 e. The van der Waals surface area contributed by atoms with E-state index in [1.165, 1.54) is 0 Å². The summed E-state index contributed by atoms with van der Waals surface area (Å²) in [6, 6.07) is 9.65. The fourth-order valence-electron chi connectivity index (χ4n) is 1.47. The highest BCUT2D eigenvalue weighted by Gasteiger charge is 2.16. The number of benzene rings is 1. The first kappa shape index (κ1) is 14.5. The second-order valence-corrected chi connectivity index (χ2v) is 5.23. The topological polar surface area (TPSA) is 58.6 Å². The molecule has 0 aromatic heterocycles. The first-order valence-electron chi connectivity index (χ1n) is 6.05. The van der Waals surface area contributed by atoms with E-state index in [1.807, 2.05) is 30.3 Å². The van der Waals surface area contributed by atoms with E-state index in [0.29, 0.717) is 6.42 Å². The van der Waals surface area contributed by atoms with Gasteiger partial charge in [0.1, 0.15) is 5.60 Å². The minimum Gasteiger partial charge on any atom is -0.444 e. The molecule has 1 atom stereocenters. The lowest BCUT2D eigenvalue weighted by Crippen LogP contribution is -2.37. The summed E-state index contributed by atoms with van der Waals surface area (Å²) in [5, 5.41) is 12.3. The number of aliphatic hydroxyl groups is 1. The van der Waals surface area contributed by atoms with Crippen LogP contribution in [0.25, 0.3) is 0 Å².